The van der Waals surface area contributed by atoms with Crippen LogP contribution in [0.15, 0.2) is 17.5 Å². The smallest absolute Gasteiger partial charge is 0.326 e. The summed E-state index contributed by atoms with van der Waals surface area (Å²) in [5.41, 5.74) is -0.488. The molecule has 1 aliphatic rings. The van der Waals surface area contributed by atoms with Crippen LogP contribution in [0.1, 0.15) is 24.1 Å². The maximum absolute atomic E-state index is 11.9. The van der Waals surface area contributed by atoms with Gasteiger partial charge in [0.05, 0.1) is 7.11 Å². The van der Waals surface area contributed by atoms with Crippen LogP contribution in [-0.4, -0.2) is 25.2 Å². The third kappa shape index (κ3) is 2.28. The summed E-state index contributed by atoms with van der Waals surface area (Å²) in [6.45, 7) is 0.903. The van der Waals surface area contributed by atoms with Gasteiger partial charge >= 0.3 is 5.97 Å². The quantitative estimate of drug-likeness (QED) is 0.820. The molecule has 1 unspecified atom stereocenters. The minimum absolute atomic E-state index is 0.124. The summed E-state index contributed by atoms with van der Waals surface area (Å²) in [6, 6.07) is 4.10. The van der Waals surface area contributed by atoms with Crippen molar-refractivity contribution in [2.75, 3.05) is 13.7 Å². The highest BCUT2D eigenvalue weighted by atomic mass is 32.1. The first-order chi connectivity index (χ1) is 7.77. The number of hydrogen-bond donors (Lipinski definition) is 1. The Hall–Kier alpha value is -0.870. The van der Waals surface area contributed by atoms with Crippen LogP contribution < -0.4 is 5.32 Å². The second kappa shape index (κ2) is 4.97. The standard InChI is InChI=1S/C12H17NO2S/c1-15-11(14)12(6-2-3-7-13-12)9-10-5-4-8-16-10/h4-5,8,13H,2-3,6-7,9H2,1H3. The monoisotopic (exact) mass is 239 g/mol. The van der Waals surface area contributed by atoms with Crippen molar-refractivity contribution in [3.8, 4) is 0 Å². The number of piperidine rings is 1. The second-order valence-corrected chi connectivity index (χ2v) is 5.25. The number of carbonyl (C=O) groups excluding carboxylic acids is 1. The zero-order valence-electron chi connectivity index (χ0n) is 9.49. The van der Waals surface area contributed by atoms with E-state index >= 15 is 0 Å². The number of carbonyl (C=O) groups is 1. The van der Waals surface area contributed by atoms with Gasteiger partial charge in [0.1, 0.15) is 5.54 Å². The molecule has 1 atom stereocenters. The SMILES string of the molecule is COC(=O)C1(Cc2cccs2)CCCCN1. The maximum Gasteiger partial charge on any atom is 0.326 e. The summed E-state index contributed by atoms with van der Waals surface area (Å²) in [4.78, 5) is 13.2. The summed E-state index contributed by atoms with van der Waals surface area (Å²) in [7, 11) is 1.47. The molecular weight excluding hydrogens is 222 g/mol. The van der Waals surface area contributed by atoms with Crippen LogP contribution in [0.3, 0.4) is 0 Å². The van der Waals surface area contributed by atoms with Crippen molar-refractivity contribution in [1.29, 1.82) is 0 Å². The molecule has 0 amide bonds. The first-order valence-electron chi connectivity index (χ1n) is 5.63. The van der Waals surface area contributed by atoms with Gasteiger partial charge in [-0.2, -0.15) is 0 Å². The number of rotatable bonds is 3. The Bertz CT molecular complexity index is 342. The van der Waals surface area contributed by atoms with Crippen molar-refractivity contribution in [2.45, 2.75) is 31.2 Å². The summed E-state index contributed by atoms with van der Waals surface area (Å²) in [6.07, 6.45) is 3.85. The third-order valence-corrected chi connectivity index (χ3v) is 4.00. The Balaban J connectivity index is 2.16. The zero-order chi connectivity index (χ0) is 11.4. The van der Waals surface area contributed by atoms with Gasteiger partial charge in [-0.3, -0.25) is 4.79 Å². The molecule has 3 nitrogen and oxygen atoms in total. The Labute approximate surface area is 99.8 Å². The van der Waals surface area contributed by atoms with Crippen molar-refractivity contribution in [3.05, 3.63) is 22.4 Å². The first-order valence-corrected chi connectivity index (χ1v) is 6.51. The molecule has 1 N–H and O–H groups in total. The van der Waals surface area contributed by atoms with Gasteiger partial charge in [-0.25, -0.2) is 0 Å². The van der Waals surface area contributed by atoms with E-state index in [0.717, 1.165) is 32.2 Å². The highest BCUT2D eigenvalue weighted by molar-refractivity contribution is 7.09. The minimum atomic E-state index is -0.488. The predicted molar refractivity (Wildman–Crippen MR) is 64.6 cm³/mol. The van der Waals surface area contributed by atoms with Gasteiger partial charge < -0.3 is 10.1 Å². The molecule has 0 aromatic carbocycles. The molecular formula is C12H17NO2S. The van der Waals surface area contributed by atoms with Crippen LogP contribution in [0.2, 0.25) is 0 Å². The van der Waals surface area contributed by atoms with E-state index < -0.39 is 5.54 Å². The number of hydrogen-bond acceptors (Lipinski definition) is 4. The van der Waals surface area contributed by atoms with Gasteiger partial charge in [0.2, 0.25) is 0 Å². The largest absolute Gasteiger partial charge is 0.468 e. The van der Waals surface area contributed by atoms with Crippen molar-refractivity contribution in [2.24, 2.45) is 0 Å². The van der Waals surface area contributed by atoms with Crippen LogP contribution in [0, 0.1) is 0 Å². The van der Waals surface area contributed by atoms with Gasteiger partial charge in [-0.05, 0) is 37.3 Å². The molecule has 0 saturated carbocycles. The fourth-order valence-electron chi connectivity index (χ4n) is 2.27. The molecule has 4 heteroatoms. The van der Waals surface area contributed by atoms with E-state index in [1.807, 2.05) is 11.4 Å². The maximum atomic E-state index is 11.9. The van der Waals surface area contributed by atoms with E-state index in [0.29, 0.717) is 0 Å². The molecule has 88 valence electrons. The van der Waals surface area contributed by atoms with Crippen LogP contribution >= 0.6 is 11.3 Å². The van der Waals surface area contributed by atoms with E-state index in [1.165, 1.54) is 12.0 Å². The Morgan fingerprint density at radius 1 is 1.62 bits per heavy atom. The summed E-state index contributed by atoms with van der Waals surface area (Å²) in [5.74, 6) is -0.124. The zero-order valence-corrected chi connectivity index (χ0v) is 10.3. The van der Waals surface area contributed by atoms with E-state index in [1.54, 1.807) is 11.3 Å². The van der Waals surface area contributed by atoms with Gasteiger partial charge in [0.15, 0.2) is 0 Å². The average Bonchev–Trinajstić information content (AvgIpc) is 2.82. The van der Waals surface area contributed by atoms with Crippen molar-refractivity contribution in [1.82, 2.24) is 5.32 Å². The molecule has 1 aliphatic heterocycles. The van der Waals surface area contributed by atoms with Gasteiger partial charge in [0.25, 0.3) is 0 Å². The number of methoxy groups -OCH3 is 1. The lowest BCUT2D eigenvalue weighted by Crippen LogP contribution is -2.56. The fraction of sp³-hybridized carbons (Fsp3) is 0.583. The summed E-state index contributed by atoms with van der Waals surface area (Å²) >= 11 is 1.70. The highest BCUT2D eigenvalue weighted by Gasteiger charge is 2.40. The van der Waals surface area contributed by atoms with Gasteiger partial charge in [-0.15, -0.1) is 11.3 Å². The molecule has 0 bridgehead atoms. The topological polar surface area (TPSA) is 38.3 Å². The number of nitrogens with one attached hydrogen (secondary N) is 1. The Morgan fingerprint density at radius 3 is 3.06 bits per heavy atom. The summed E-state index contributed by atoms with van der Waals surface area (Å²) < 4.78 is 4.95. The van der Waals surface area contributed by atoms with Gasteiger partial charge in [-0.1, -0.05) is 6.07 Å². The lowest BCUT2D eigenvalue weighted by Gasteiger charge is -2.35. The molecule has 2 heterocycles. The fourth-order valence-corrected chi connectivity index (χ4v) is 3.09. The number of esters is 1. The van der Waals surface area contributed by atoms with Gasteiger partial charge in [0, 0.05) is 11.3 Å². The van der Waals surface area contributed by atoms with Crippen LogP contribution in [0.25, 0.3) is 0 Å². The van der Waals surface area contributed by atoms with E-state index in [2.05, 4.69) is 11.4 Å². The molecule has 0 aliphatic carbocycles. The first kappa shape index (κ1) is 11.6. The molecule has 0 radical (unpaired) electrons. The van der Waals surface area contributed by atoms with Crippen molar-refractivity contribution >= 4 is 17.3 Å². The van der Waals surface area contributed by atoms with E-state index in [4.69, 9.17) is 4.74 Å². The van der Waals surface area contributed by atoms with Crippen molar-refractivity contribution in [3.63, 3.8) is 0 Å². The molecule has 16 heavy (non-hydrogen) atoms. The third-order valence-electron chi connectivity index (χ3n) is 3.13. The molecule has 1 saturated heterocycles. The molecule has 0 spiro atoms. The summed E-state index contributed by atoms with van der Waals surface area (Å²) in [5, 5.41) is 5.40. The van der Waals surface area contributed by atoms with Crippen molar-refractivity contribution < 1.29 is 9.53 Å². The molecule has 1 fully saturated rings. The Morgan fingerprint density at radius 2 is 2.50 bits per heavy atom. The van der Waals surface area contributed by atoms with E-state index in [-0.39, 0.29) is 5.97 Å². The molecule has 1 aromatic heterocycles. The van der Waals surface area contributed by atoms with E-state index in [9.17, 15) is 4.79 Å². The molecule has 1 aromatic rings. The average molecular weight is 239 g/mol. The Kier molecular flexibility index (Phi) is 3.61. The second-order valence-electron chi connectivity index (χ2n) is 4.21. The van der Waals surface area contributed by atoms with Crippen LogP contribution in [0.5, 0.6) is 0 Å². The highest BCUT2D eigenvalue weighted by Crippen LogP contribution is 2.27. The lowest BCUT2D eigenvalue weighted by molar-refractivity contribution is -0.149. The van der Waals surface area contributed by atoms with Crippen LogP contribution in [0.4, 0.5) is 0 Å². The number of thiophene rings is 1. The minimum Gasteiger partial charge on any atom is -0.468 e. The lowest BCUT2D eigenvalue weighted by atomic mass is 9.85. The number of ether oxygens (including phenoxy) is 1. The van der Waals surface area contributed by atoms with Crippen LogP contribution in [-0.2, 0) is 16.0 Å². The normalized spacial score (nSPS) is 25.3. The predicted octanol–water partition coefficient (Wildman–Crippen LogP) is 1.98. The molecule has 2 rings (SSSR count).